The van der Waals surface area contributed by atoms with Crippen molar-refractivity contribution in [3.8, 4) is 11.5 Å². The number of aliphatic hydroxyl groups excluding tert-OH is 1. The van der Waals surface area contributed by atoms with Gasteiger partial charge < -0.3 is 14.9 Å². The summed E-state index contributed by atoms with van der Waals surface area (Å²) in [5, 5.41) is 29.5. The standard InChI is InChI=1S/C11H15NO5/c1-3-7(6-13)8-4-9(12(15)16)11(14)10(5-8)17-2/h4-5,7,13-14H,3,6H2,1-2H3. The topological polar surface area (TPSA) is 92.8 Å². The highest BCUT2D eigenvalue weighted by atomic mass is 16.6. The van der Waals surface area contributed by atoms with Gasteiger partial charge in [0.15, 0.2) is 5.75 Å². The molecular formula is C11H15NO5. The molecule has 0 bridgehead atoms. The first-order chi connectivity index (χ1) is 8.04. The zero-order chi connectivity index (χ0) is 13.0. The Labute approximate surface area is 98.6 Å². The first kappa shape index (κ1) is 13.2. The Morgan fingerprint density at radius 2 is 2.18 bits per heavy atom. The number of nitrogens with zero attached hydrogens (tertiary/aromatic N) is 1. The number of phenolic OH excluding ortho intramolecular Hbond substituents is 1. The quantitative estimate of drug-likeness (QED) is 0.605. The Kier molecular flexibility index (Phi) is 4.28. The first-order valence-electron chi connectivity index (χ1n) is 5.21. The second kappa shape index (κ2) is 5.49. The van der Waals surface area contributed by atoms with E-state index in [1.807, 2.05) is 6.92 Å². The highest BCUT2D eigenvalue weighted by molar-refractivity contribution is 5.57. The van der Waals surface area contributed by atoms with Crippen LogP contribution in [0.5, 0.6) is 11.5 Å². The summed E-state index contributed by atoms with van der Waals surface area (Å²) < 4.78 is 4.88. The lowest BCUT2D eigenvalue weighted by atomic mass is 9.96. The fourth-order valence-corrected chi connectivity index (χ4v) is 1.61. The van der Waals surface area contributed by atoms with Gasteiger partial charge in [-0.25, -0.2) is 0 Å². The Hall–Kier alpha value is -1.82. The van der Waals surface area contributed by atoms with Crippen molar-refractivity contribution in [3.63, 3.8) is 0 Å². The minimum atomic E-state index is -0.675. The third-order valence-corrected chi connectivity index (χ3v) is 2.68. The summed E-state index contributed by atoms with van der Waals surface area (Å²) in [4.78, 5) is 10.1. The minimum Gasteiger partial charge on any atom is -0.500 e. The molecule has 0 spiro atoms. The monoisotopic (exact) mass is 241 g/mol. The number of ether oxygens (including phenoxy) is 1. The average Bonchev–Trinajstić information content (AvgIpc) is 2.31. The van der Waals surface area contributed by atoms with Gasteiger partial charge in [0.1, 0.15) is 0 Å². The molecule has 1 rings (SSSR count). The van der Waals surface area contributed by atoms with E-state index in [4.69, 9.17) is 9.84 Å². The van der Waals surface area contributed by atoms with E-state index in [0.717, 1.165) is 0 Å². The molecule has 0 amide bonds. The minimum absolute atomic E-state index is 0.0427. The molecule has 0 aromatic heterocycles. The predicted octanol–water partition coefficient (Wildman–Crippen LogP) is 1.79. The van der Waals surface area contributed by atoms with Crippen LogP contribution in [0.3, 0.4) is 0 Å². The van der Waals surface area contributed by atoms with Gasteiger partial charge in [-0.3, -0.25) is 10.1 Å². The van der Waals surface area contributed by atoms with Gasteiger partial charge in [0, 0.05) is 18.6 Å². The van der Waals surface area contributed by atoms with Crippen molar-refractivity contribution in [2.45, 2.75) is 19.3 Å². The third-order valence-electron chi connectivity index (χ3n) is 2.68. The smallest absolute Gasteiger partial charge is 0.314 e. The summed E-state index contributed by atoms with van der Waals surface area (Å²) in [5.41, 5.74) is 0.169. The molecule has 1 aromatic carbocycles. The molecule has 0 saturated heterocycles. The zero-order valence-corrected chi connectivity index (χ0v) is 9.71. The summed E-state index contributed by atoms with van der Waals surface area (Å²) in [7, 11) is 1.32. The molecular weight excluding hydrogens is 226 g/mol. The molecule has 2 N–H and O–H groups in total. The molecule has 0 fully saturated rings. The van der Waals surface area contributed by atoms with Crippen molar-refractivity contribution in [2.24, 2.45) is 0 Å². The normalized spacial score (nSPS) is 12.2. The molecule has 1 unspecified atom stereocenters. The van der Waals surface area contributed by atoms with Gasteiger partial charge in [0.25, 0.3) is 0 Å². The van der Waals surface area contributed by atoms with Crippen LogP contribution < -0.4 is 4.74 Å². The van der Waals surface area contributed by atoms with Crippen LogP contribution in [0.15, 0.2) is 12.1 Å². The molecule has 1 aromatic rings. The number of nitro groups is 1. The second-order valence-electron chi connectivity index (χ2n) is 3.64. The molecule has 0 aliphatic rings. The number of nitro benzene ring substituents is 1. The van der Waals surface area contributed by atoms with E-state index in [1.165, 1.54) is 19.2 Å². The van der Waals surface area contributed by atoms with Crippen molar-refractivity contribution in [1.82, 2.24) is 0 Å². The SMILES string of the molecule is CCC(CO)c1cc(OC)c(O)c([N+](=O)[O-])c1. The number of benzene rings is 1. The van der Waals surface area contributed by atoms with Crippen LogP contribution in [0, 0.1) is 10.1 Å². The van der Waals surface area contributed by atoms with Crippen molar-refractivity contribution in [2.75, 3.05) is 13.7 Å². The van der Waals surface area contributed by atoms with Crippen LogP contribution in [0.25, 0.3) is 0 Å². The number of phenols is 1. The third kappa shape index (κ3) is 2.65. The van der Waals surface area contributed by atoms with Crippen molar-refractivity contribution in [3.05, 3.63) is 27.8 Å². The molecule has 94 valence electrons. The van der Waals surface area contributed by atoms with Gasteiger partial charge >= 0.3 is 5.69 Å². The Morgan fingerprint density at radius 1 is 1.53 bits per heavy atom. The summed E-state index contributed by atoms with van der Waals surface area (Å²) in [6, 6.07) is 2.77. The highest BCUT2D eigenvalue weighted by Gasteiger charge is 2.22. The maximum absolute atomic E-state index is 10.8. The highest BCUT2D eigenvalue weighted by Crippen LogP contribution is 2.39. The van der Waals surface area contributed by atoms with E-state index in [1.54, 1.807) is 0 Å². The van der Waals surface area contributed by atoms with E-state index in [2.05, 4.69) is 0 Å². The van der Waals surface area contributed by atoms with Gasteiger partial charge in [-0.1, -0.05) is 6.92 Å². The van der Waals surface area contributed by atoms with Crippen molar-refractivity contribution < 1.29 is 19.9 Å². The van der Waals surface area contributed by atoms with Crippen LogP contribution in [0.2, 0.25) is 0 Å². The Morgan fingerprint density at radius 3 is 2.59 bits per heavy atom. The zero-order valence-electron chi connectivity index (χ0n) is 9.71. The van der Waals surface area contributed by atoms with E-state index >= 15 is 0 Å². The molecule has 0 radical (unpaired) electrons. The number of aliphatic hydroxyl groups is 1. The number of rotatable bonds is 5. The number of hydrogen-bond acceptors (Lipinski definition) is 5. The summed E-state index contributed by atoms with van der Waals surface area (Å²) in [6.45, 7) is 1.76. The van der Waals surface area contributed by atoms with Gasteiger partial charge in [-0.15, -0.1) is 0 Å². The van der Waals surface area contributed by atoms with Crippen LogP contribution >= 0.6 is 0 Å². The second-order valence-corrected chi connectivity index (χ2v) is 3.64. The molecule has 17 heavy (non-hydrogen) atoms. The lowest BCUT2D eigenvalue weighted by Crippen LogP contribution is -2.04. The molecule has 1 atom stereocenters. The lowest BCUT2D eigenvalue weighted by molar-refractivity contribution is -0.386. The average molecular weight is 241 g/mol. The molecule has 0 aliphatic heterocycles. The van der Waals surface area contributed by atoms with Crippen LogP contribution in [-0.2, 0) is 0 Å². The van der Waals surface area contributed by atoms with Crippen LogP contribution in [0.1, 0.15) is 24.8 Å². The van der Waals surface area contributed by atoms with Gasteiger partial charge in [0.05, 0.1) is 12.0 Å². The maximum atomic E-state index is 10.8. The predicted molar refractivity (Wildman–Crippen MR) is 61.4 cm³/mol. The fraction of sp³-hybridized carbons (Fsp3) is 0.455. The Bertz CT molecular complexity index is 415. The molecule has 0 aliphatic carbocycles. The summed E-state index contributed by atoms with van der Waals surface area (Å²) in [5.74, 6) is -0.654. The maximum Gasteiger partial charge on any atom is 0.314 e. The van der Waals surface area contributed by atoms with Gasteiger partial charge in [-0.05, 0) is 18.1 Å². The van der Waals surface area contributed by atoms with E-state index in [9.17, 15) is 15.2 Å². The van der Waals surface area contributed by atoms with Gasteiger partial charge in [-0.2, -0.15) is 0 Å². The van der Waals surface area contributed by atoms with Crippen molar-refractivity contribution >= 4 is 5.69 Å². The number of hydrogen-bond donors (Lipinski definition) is 2. The first-order valence-corrected chi connectivity index (χ1v) is 5.21. The van der Waals surface area contributed by atoms with E-state index < -0.39 is 16.4 Å². The summed E-state index contributed by atoms with van der Waals surface area (Å²) >= 11 is 0. The lowest BCUT2D eigenvalue weighted by Gasteiger charge is -2.14. The molecule has 0 heterocycles. The largest absolute Gasteiger partial charge is 0.500 e. The fourth-order valence-electron chi connectivity index (χ4n) is 1.61. The Balaban J connectivity index is 3.33. The molecule has 0 saturated carbocycles. The van der Waals surface area contributed by atoms with Crippen LogP contribution in [0.4, 0.5) is 5.69 Å². The molecule has 6 heteroatoms. The molecule has 6 nitrogen and oxygen atoms in total. The van der Waals surface area contributed by atoms with Gasteiger partial charge in [0.2, 0.25) is 5.75 Å². The van der Waals surface area contributed by atoms with E-state index in [-0.39, 0.29) is 18.3 Å². The van der Waals surface area contributed by atoms with E-state index in [0.29, 0.717) is 12.0 Å². The van der Waals surface area contributed by atoms with Crippen LogP contribution in [-0.4, -0.2) is 28.9 Å². The van der Waals surface area contributed by atoms with Crippen molar-refractivity contribution in [1.29, 1.82) is 0 Å². The number of aromatic hydroxyl groups is 1. The number of methoxy groups -OCH3 is 1. The summed E-state index contributed by atoms with van der Waals surface area (Å²) in [6.07, 6.45) is 0.640.